The molecule has 4 rings (SSSR count). The minimum absolute atomic E-state index is 0.276. The minimum atomic E-state index is -0.722. The van der Waals surface area contributed by atoms with Crippen molar-refractivity contribution in [3.8, 4) is 0 Å². The Morgan fingerprint density at radius 3 is 2.93 bits per heavy atom. The van der Waals surface area contributed by atoms with Crippen LogP contribution in [0.1, 0.15) is 35.3 Å². The Kier molecular flexibility index (Phi) is 4.80. The molecule has 1 aromatic heterocycles. The number of halogens is 1. The number of rotatable bonds is 3. The van der Waals surface area contributed by atoms with E-state index in [-0.39, 0.29) is 17.8 Å². The van der Waals surface area contributed by atoms with Gasteiger partial charge in [0.25, 0.3) is 5.91 Å². The lowest BCUT2D eigenvalue weighted by Gasteiger charge is -2.26. The van der Waals surface area contributed by atoms with Crippen molar-refractivity contribution in [2.45, 2.75) is 30.8 Å². The molecule has 1 aliphatic rings. The van der Waals surface area contributed by atoms with Gasteiger partial charge in [-0.25, -0.2) is 4.39 Å². The number of nitrogens with zero attached hydrogens (tertiary/aromatic N) is 1. The number of hydrogen-bond donors (Lipinski definition) is 2. The fourth-order valence-electron chi connectivity index (χ4n) is 3.51. The number of hydrogen-bond acceptors (Lipinski definition) is 4. The Hall–Kier alpha value is -2.87. The van der Waals surface area contributed by atoms with Crippen LogP contribution < -0.4 is 16.4 Å². The second kappa shape index (κ2) is 7.27. The van der Waals surface area contributed by atoms with Crippen molar-refractivity contribution in [3.05, 3.63) is 74.0 Å². The molecule has 2 heterocycles. The number of fused-ring (bicyclic) bond motifs is 2. The summed E-state index contributed by atoms with van der Waals surface area (Å²) in [5, 5.41) is 2.96. The summed E-state index contributed by atoms with van der Waals surface area (Å²) in [7, 11) is 0. The van der Waals surface area contributed by atoms with Crippen molar-refractivity contribution in [2.75, 3.05) is 5.75 Å². The monoisotopic (exact) mass is 399 g/mol. The summed E-state index contributed by atoms with van der Waals surface area (Å²) < 4.78 is 15.4. The van der Waals surface area contributed by atoms with Crippen LogP contribution in [-0.2, 0) is 6.54 Å². The van der Waals surface area contributed by atoms with E-state index in [2.05, 4.69) is 10.3 Å². The Bertz CT molecular complexity index is 1200. The largest absolute Gasteiger partial charge is 0.345 e. The van der Waals surface area contributed by atoms with Crippen LogP contribution in [-0.4, -0.2) is 21.2 Å². The van der Waals surface area contributed by atoms with E-state index in [0.29, 0.717) is 40.2 Å². The van der Waals surface area contributed by atoms with Crippen LogP contribution in [0.15, 0.2) is 50.9 Å². The predicted octanol–water partition coefficient (Wildman–Crippen LogP) is 2.82. The fraction of sp³-hybridized carbons (Fsp3) is 0.250. The summed E-state index contributed by atoms with van der Waals surface area (Å²) in [6.45, 7) is 2.13. The van der Waals surface area contributed by atoms with Crippen LogP contribution in [0.2, 0.25) is 0 Å². The highest BCUT2D eigenvalue weighted by molar-refractivity contribution is 7.99. The van der Waals surface area contributed by atoms with Gasteiger partial charge in [-0.15, -0.1) is 11.8 Å². The quantitative estimate of drug-likeness (QED) is 0.664. The van der Waals surface area contributed by atoms with Crippen molar-refractivity contribution in [1.29, 1.82) is 0 Å². The molecule has 8 heteroatoms. The van der Waals surface area contributed by atoms with Crippen LogP contribution in [0, 0.1) is 5.82 Å². The van der Waals surface area contributed by atoms with Crippen molar-refractivity contribution in [2.24, 2.45) is 0 Å². The van der Waals surface area contributed by atoms with Gasteiger partial charge in [0.2, 0.25) is 0 Å². The average molecular weight is 399 g/mol. The summed E-state index contributed by atoms with van der Waals surface area (Å²) >= 11 is 1.45. The number of H-pyrrole nitrogens is 1. The van der Waals surface area contributed by atoms with E-state index in [0.717, 1.165) is 5.56 Å². The first kappa shape index (κ1) is 18.5. The molecule has 0 unspecified atom stereocenters. The zero-order valence-corrected chi connectivity index (χ0v) is 15.9. The molecule has 6 nitrogen and oxygen atoms in total. The first-order valence-corrected chi connectivity index (χ1v) is 9.97. The second-order valence-electron chi connectivity index (χ2n) is 6.56. The number of carbonyl (C=O) groups is 1. The van der Waals surface area contributed by atoms with Crippen LogP contribution in [0.3, 0.4) is 0 Å². The molecular formula is C20H18FN3O3S. The maximum Gasteiger partial charge on any atom is 0.316 e. The lowest BCUT2D eigenvalue weighted by atomic mass is 10.0. The number of carbonyl (C=O) groups excluding carboxylic acids is 1. The standard InChI is InChI=1S/C20H18FN3O3S/c1-2-24-16-7-6-11(10-15(16)23-19(26)20(24)27)18(25)22-14-8-9-28-17-12(14)4-3-5-13(17)21/h3-7,10,14H,2,8-9H2,1H3,(H,22,25)(H,23,26)/t14-/m0/s1. The van der Waals surface area contributed by atoms with E-state index in [1.54, 1.807) is 31.2 Å². The lowest BCUT2D eigenvalue weighted by molar-refractivity contribution is 0.0935. The summed E-state index contributed by atoms with van der Waals surface area (Å²) in [4.78, 5) is 39.7. The first-order valence-electron chi connectivity index (χ1n) is 8.98. The van der Waals surface area contributed by atoms with Gasteiger partial charge >= 0.3 is 11.1 Å². The Morgan fingerprint density at radius 2 is 2.14 bits per heavy atom. The maximum absolute atomic E-state index is 14.0. The van der Waals surface area contributed by atoms with Crippen molar-refractivity contribution in [3.63, 3.8) is 0 Å². The fourth-order valence-corrected chi connectivity index (χ4v) is 4.65. The molecule has 0 fully saturated rings. The van der Waals surface area contributed by atoms with Gasteiger partial charge in [0, 0.05) is 22.8 Å². The normalized spacial score (nSPS) is 16.0. The maximum atomic E-state index is 14.0. The molecule has 144 valence electrons. The predicted molar refractivity (Wildman–Crippen MR) is 106 cm³/mol. The third-order valence-corrected chi connectivity index (χ3v) is 6.04. The SMILES string of the molecule is CCn1c(=O)c(=O)[nH]c2cc(C(=O)N[C@H]3CCSc4c(F)cccc43)ccc21. The smallest absolute Gasteiger partial charge is 0.316 e. The number of aromatic nitrogens is 2. The van der Waals surface area contributed by atoms with Gasteiger partial charge < -0.3 is 14.9 Å². The molecule has 0 bridgehead atoms. The Balaban J connectivity index is 1.68. The minimum Gasteiger partial charge on any atom is -0.345 e. The zero-order chi connectivity index (χ0) is 19.8. The number of amides is 1. The third-order valence-electron chi connectivity index (χ3n) is 4.88. The van der Waals surface area contributed by atoms with Gasteiger partial charge in [0.1, 0.15) is 5.82 Å². The third kappa shape index (κ3) is 3.13. The second-order valence-corrected chi connectivity index (χ2v) is 7.66. The molecule has 2 aromatic carbocycles. The number of benzene rings is 2. The van der Waals surface area contributed by atoms with Gasteiger partial charge in [-0.05, 0) is 43.2 Å². The highest BCUT2D eigenvalue weighted by atomic mass is 32.2. The van der Waals surface area contributed by atoms with Crippen LogP contribution in [0.4, 0.5) is 4.39 Å². The van der Waals surface area contributed by atoms with Crippen LogP contribution in [0.25, 0.3) is 11.0 Å². The van der Waals surface area contributed by atoms with Crippen molar-refractivity contribution >= 4 is 28.7 Å². The molecule has 0 spiro atoms. The van der Waals surface area contributed by atoms with Crippen molar-refractivity contribution in [1.82, 2.24) is 14.9 Å². The van der Waals surface area contributed by atoms with Gasteiger partial charge in [-0.3, -0.25) is 14.4 Å². The number of aromatic amines is 1. The molecule has 2 N–H and O–H groups in total. The molecule has 3 aromatic rings. The molecule has 0 radical (unpaired) electrons. The van der Waals surface area contributed by atoms with Crippen LogP contribution >= 0.6 is 11.8 Å². The molecule has 0 saturated carbocycles. The van der Waals surface area contributed by atoms with E-state index < -0.39 is 11.1 Å². The summed E-state index contributed by atoms with van der Waals surface area (Å²) in [6.07, 6.45) is 0.701. The van der Waals surface area contributed by atoms with E-state index >= 15 is 0 Å². The number of nitrogens with one attached hydrogen (secondary N) is 2. The number of aryl methyl sites for hydroxylation is 1. The molecule has 1 amide bonds. The van der Waals surface area contributed by atoms with E-state index in [9.17, 15) is 18.8 Å². The van der Waals surface area contributed by atoms with E-state index in [1.165, 1.54) is 22.4 Å². The highest BCUT2D eigenvalue weighted by Crippen LogP contribution is 2.37. The summed E-state index contributed by atoms with van der Waals surface area (Å²) in [5.41, 5.74) is 0.778. The van der Waals surface area contributed by atoms with Gasteiger partial charge in [-0.1, -0.05) is 12.1 Å². The average Bonchev–Trinajstić information content (AvgIpc) is 2.69. The van der Waals surface area contributed by atoms with E-state index in [4.69, 9.17) is 0 Å². The Morgan fingerprint density at radius 1 is 1.32 bits per heavy atom. The highest BCUT2D eigenvalue weighted by Gasteiger charge is 2.25. The lowest BCUT2D eigenvalue weighted by Crippen LogP contribution is -2.36. The number of thioether (sulfide) groups is 1. The molecule has 1 aliphatic heterocycles. The van der Waals surface area contributed by atoms with Gasteiger partial charge in [-0.2, -0.15) is 0 Å². The molecule has 28 heavy (non-hydrogen) atoms. The molecule has 0 saturated heterocycles. The molecule has 1 atom stereocenters. The van der Waals surface area contributed by atoms with Gasteiger partial charge in [0.05, 0.1) is 17.1 Å². The van der Waals surface area contributed by atoms with Crippen molar-refractivity contribution < 1.29 is 9.18 Å². The first-order chi connectivity index (χ1) is 13.5. The Labute approximate surface area is 163 Å². The van der Waals surface area contributed by atoms with Gasteiger partial charge in [0.15, 0.2) is 0 Å². The zero-order valence-electron chi connectivity index (χ0n) is 15.1. The summed E-state index contributed by atoms with van der Waals surface area (Å²) in [6, 6.07) is 9.43. The summed E-state index contributed by atoms with van der Waals surface area (Å²) in [5.74, 6) is 0.124. The molecular weight excluding hydrogens is 381 g/mol. The topological polar surface area (TPSA) is 84.0 Å². The molecule has 0 aliphatic carbocycles. The van der Waals surface area contributed by atoms with Crippen LogP contribution in [0.5, 0.6) is 0 Å². The van der Waals surface area contributed by atoms with E-state index in [1.807, 2.05) is 6.07 Å².